The molecule has 2 N–H and O–H groups in total. The van der Waals surface area contributed by atoms with Crippen LogP contribution < -0.4 is 5.14 Å². The number of nitrogens with two attached hydrogens (primary N) is 1. The van der Waals surface area contributed by atoms with Gasteiger partial charge in [-0.1, -0.05) is 39.4 Å². The molecule has 0 bridgehead atoms. The van der Waals surface area contributed by atoms with E-state index in [1.165, 1.54) is 4.52 Å². The van der Waals surface area contributed by atoms with Gasteiger partial charge in [-0.3, -0.25) is 0 Å². The van der Waals surface area contributed by atoms with Crippen LogP contribution in [0.25, 0.3) is 16.2 Å². The number of primary sulfonamides is 1. The Morgan fingerprint density at radius 1 is 1.37 bits per heavy atom. The van der Waals surface area contributed by atoms with Crippen LogP contribution in [-0.4, -0.2) is 23.0 Å². The molecule has 2 aromatic heterocycles. The van der Waals surface area contributed by atoms with Crippen molar-refractivity contribution in [1.29, 1.82) is 0 Å². The summed E-state index contributed by atoms with van der Waals surface area (Å²) in [5.74, 6) is 0. The Morgan fingerprint density at radius 3 is 2.84 bits per heavy atom. The first-order valence-corrected chi connectivity index (χ1v) is 8.24. The van der Waals surface area contributed by atoms with Crippen LogP contribution in [0.4, 0.5) is 0 Å². The maximum absolute atomic E-state index is 11.3. The predicted molar refractivity (Wildman–Crippen MR) is 75.4 cm³/mol. The van der Waals surface area contributed by atoms with E-state index in [2.05, 4.69) is 26.0 Å². The molecule has 3 rings (SSSR count). The first-order chi connectivity index (χ1) is 8.95. The molecule has 0 atom stereocenters. The summed E-state index contributed by atoms with van der Waals surface area (Å²) in [6.07, 6.45) is 1.65. The van der Waals surface area contributed by atoms with E-state index in [9.17, 15) is 8.42 Å². The fraction of sp³-hybridized carbons (Fsp3) is 0. The summed E-state index contributed by atoms with van der Waals surface area (Å²) in [6.45, 7) is 0. The minimum Gasteiger partial charge on any atom is -0.225 e. The third-order valence-electron chi connectivity index (χ3n) is 2.43. The highest BCUT2D eigenvalue weighted by Gasteiger charge is 2.18. The molecule has 0 unspecified atom stereocenters. The van der Waals surface area contributed by atoms with Crippen LogP contribution in [0.1, 0.15) is 0 Å². The number of imidazole rings is 1. The topological polar surface area (TPSA) is 90.4 Å². The van der Waals surface area contributed by atoms with Gasteiger partial charge in [0.25, 0.3) is 10.0 Å². The molecule has 1 aromatic carbocycles. The van der Waals surface area contributed by atoms with Gasteiger partial charge in [-0.15, -0.1) is 5.10 Å². The Kier molecular flexibility index (Phi) is 2.93. The third kappa shape index (κ3) is 2.29. The number of halogens is 1. The van der Waals surface area contributed by atoms with Crippen LogP contribution in [0.15, 0.2) is 39.3 Å². The average molecular weight is 359 g/mol. The molecule has 3 aromatic rings. The molecular weight excluding hydrogens is 352 g/mol. The van der Waals surface area contributed by atoms with Crippen LogP contribution >= 0.6 is 27.3 Å². The van der Waals surface area contributed by atoms with Crippen molar-refractivity contribution in [2.45, 2.75) is 4.34 Å². The van der Waals surface area contributed by atoms with Gasteiger partial charge < -0.3 is 0 Å². The normalized spacial score (nSPS) is 12.1. The van der Waals surface area contributed by atoms with Gasteiger partial charge in [-0.2, -0.15) is 0 Å². The van der Waals surface area contributed by atoms with Crippen molar-refractivity contribution < 1.29 is 8.42 Å². The molecule has 0 aliphatic rings. The minimum atomic E-state index is -3.80. The maximum Gasteiger partial charge on any atom is 0.267 e. The van der Waals surface area contributed by atoms with E-state index in [4.69, 9.17) is 5.14 Å². The Balaban J connectivity index is 2.23. The van der Waals surface area contributed by atoms with E-state index < -0.39 is 10.0 Å². The molecule has 0 radical (unpaired) electrons. The van der Waals surface area contributed by atoms with Crippen LogP contribution in [-0.2, 0) is 10.0 Å². The van der Waals surface area contributed by atoms with Crippen molar-refractivity contribution in [1.82, 2.24) is 14.6 Å². The molecule has 0 spiro atoms. The van der Waals surface area contributed by atoms with E-state index in [0.717, 1.165) is 21.4 Å². The highest BCUT2D eigenvalue weighted by molar-refractivity contribution is 9.10. The maximum atomic E-state index is 11.3. The first-order valence-electron chi connectivity index (χ1n) is 5.08. The second-order valence-electron chi connectivity index (χ2n) is 3.76. The van der Waals surface area contributed by atoms with Crippen LogP contribution in [0.5, 0.6) is 0 Å². The molecule has 9 heteroatoms. The highest BCUT2D eigenvalue weighted by atomic mass is 79.9. The highest BCUT2D eigenvalue weighted by Crippen LogP contribution is 2.26. The van der Waals surface area contributed by atoms with Gasteiger partial charge in [0.05, 0.1) is 11.9 Å². The summed E-state index contributed by atoms with van der Waals surface area (Å²) < 4.78 is 24.8. The molecule has 0 aliphatic carbocycles. The minimum absolute atomic E-state index is 0.146. The number of hydrogen-bond acceptors (Lipinski definition) is 5. The summed E-state index contributed by atoms with van der Waals surface area (Å²) in [6, 6.07) is 7.58. The predicted octanol–water partition coefficient (Wildman–Crippen LogP) is 1.87. The standard InChI is InChI=1S/C10H7BrN4O2S2/c11-7-3-1-2-6(4-7)8-5-13-9-15(8)14-10(18-9)19(12,16)17/h1-5H,(H2,12,16,17). The monoisotopic (exact) mass is 358 g/mol. The molecule has 0 saturated carbocycles. The fourth-order valence-electron chi connectivity index (χ4n) is 1.63. The van der Waals surface area contributed by atoms with Gasteiger partial charge >= 0.3 is 0 Å². The summed E-state index contributed by atoms with van der Waals surface area (Å²) in [5.41, 5.74) is 1.59. The number of aromatic nitrogens is 3. The van der Waals surface area contributed by atoms with E-state index >= 15 is 0 Å². The van der Waals surface area contributed by atoms with Crippen molar-refractivity contribution in [3.63, 3.8) is 0 Å². The number of hydrogen-bond donors (Lipinski definition) is 1. The van der Waals surface area contributed by atoms with Crippen LogP contribution in [0.3, 0.4) is 0 Å². The Morgan fingerprint density at radius 2 is 2.16 bits per heavy atom. The molecule has 19 heavy (non-hydrogen) atoms. The van der Waals surface area contributed by atoms with Crippen LogP contribution in [0, 0.1) is 0 Å². The Hall–Kier alpha value is -1.29. The number of nitrogens with zero attached hydrogens (tertiary/aromatic N) is 3. The van der Waals surface area contributed by atoms with Gasteiger partial charge in [-0.25, -0.2) is 23.1 Å². The van der Waals surface area contributed by atoms with Crippen molar-refractivity contribution >= 4 is 42.3 Å². The van der Waals surface area contributed by atoms with Gasteiger partial charge in [0, 0.05) is 10.0 Å². The third-order valence-corrected chi connectivity index (χ3v) is 5.16. The Labute approximate surface area is 121 Å². The zero-order valence-corrected chi connectivity index (χ0v) is 12.5. The lowest BCUT2D eigenvalue weighted by atomic mass is 10.2. The van der Waals surface area contributed by atoms with E-state index in [1.54, 1.807) is 6.20 Å². The number of fused-ring (bicyclic) bond motifs is 1. The number of sulfonamides is 1. The lowest BCUT2D eigenvalue weighted by Gasteiger charge is -1.98. The smallest absolute Gasteiger partial charge is 0.225 e. The zero-order valence-electron chi connectivity index (χ0n) is 9.32. The van der Waals surface area contributed by atoms with Crippen molar-refractivity contribution in [3.8, 4) is 11.3 Å². The second-order valence-corrected chi connectivity index (χ2v) is 7.37. The van der Waals surface area contributed by atoms with Gasteiger partial charge in [0.2, 0.25) is 9.30 Å². The van der Waals surface area contributed by atoms with Crippen LogP contribution in [0.2, 0.25) is 0 Å². The molecular formula is C10H7BrN4O2S2. The lowest BCUT2D eigenvalue weighted by molar-refractivity contribution is 0.595. The first kappa shape index (κ1) is 12.7. The number of benzene rings is 1. The number of rotatable bonds is 2. The molecule has 0 fully saturated rings. The molecule has 0 aliphatic heterocycles. The van der Waals surface area contributed by atoms with Gasteiger partial charge in [0.15, 0.2) is 0 Å². The summed E-state index contributed by atoms with van der Waals surface area (Å²) in [5, 5.41) is 9.06. The average Bonchev–Trinajstić information content (AvgIpc) is 2.86. The largest absolute Gasteiger partial charge is 0.267 e. The van der Waals surface area contributed by atoms with Gasteiger partial charge in [0.1, 0.15) is 0 Å². The summed E-state index contributed by atoms with van der Waals surface area (Å²) in [7, 11) is -3.80. The second kappa shape index (κ2) is 4.37. The molecule has 0 saturated heterocycles. The fourth-order valence-corrected chi connectivity index (χ4v) is 3.53. The van der Waals surface area contributed by atoms with E-state index in [-0.39, 0.29) is 4.34 Å². The lowest BCUT2D eigenvalue weighted by Crippen LogP contribution is -2.12. The van der Waals surface area contributed by atoms with Crippen molar-refractivity contribution in [3.05, 3.63) is 34.9 Å². The zero-order chi connectivity index (χ0) is 13.6. The Bertz CT molecular complexity index is 869. The summed E-state index contributed by atoms with van der Waals surface area (Å²) >= 11 is 4.33. The molecule has 98 valence electrons. The molecule has 2 heterocycles. The van der Waals surface area contributed by atoms with E-state index in [1.807, 2.05) is 24.3 Å². The van der Waals surface area contributed by atoms with Gasteiger partial charge in [-0.05, 0) is 12.1 Å². The molecule has 6 nitrogen and oxygen atoms in total. The summed E-state index contributed by atoms with van der Waals surface area (Å²) in [4.78, 5) is 4.63. The van der Waals surface area contributed by atoms with Crippen molar-refractivity contribution in [2.24, 2.45) is 5.14 Å². The van der Waals surface area contributed by atoms with E-state index in [0.29, 0.717) is 10.7 Å². The quantitative estimate of drug-likeness (QED) is 0.756. The van der Waals surface area contributed by atoms with Crippen molar-refractivity contribution in [2.75, 3.05) is 0 Å². The SMILES string of the molecule is NS(=O)(=O)c1nn2c(-c3cccc(Br)c3)cnc2s1. The molecule has 0 amide bonds.